The first kappa shape index (κ1) is 36.0. The summed E-state index contributed by atoms with van der Waals surface area (Å²) in [5.41, 5.74) is 14.7. The van der Waals surface area contributed by atoms with Crippen LogP contribution in [0.4, 0.5) is 0 Å². The van der Waals surface area contributed by atoms with Gasteiger partial charge in [0.05, 0.1) is 0 Å². The van der Waals surface area contributed by atoms with E-state index in [1.54, 1.807) is 15.9 Å². The Morgan fingerprint density at radius 2 is 0.889 bits per heavy atom. The summed E-state index contributed by atoms with van der Waals surface area (Å²) in [7, 11) is -1.93. The quantitative estimate of drug-likeness (QED) is 0.166. The van der Waals surface area contributed by atoms with Crippen LogP contribution in [-0.4, -0.2) is 23.0 Å². The topological polar surface area (TPSA) is 38.7 Å². The molecule has 4 heteroatoms. The highest BCUT2D eigenvalue weighted by Gasteiger charge is 2.61. The number of aromatic nitrogens is 3. The lowest BCUT2D eigenvalue weighted by Gasteiger charge is -2.61. The highest BCUT2D eigenvalue weighted by molar-refractivity contribution is 7.04. The van der Waals surface area contributed by atoms with Crippen molar-refractivity contribution in [3.63, 3.8) is 0 Å². The van der Waals surface area contributed by atoms with E-state index in [1.807, 2.05) is 0 Å². The van der Waals surface area contributed by atoms with E-state index >= 15 is 0 Å². The van der Waals surface area contributed by atoms with Gasteiger partial charge < -0.3 is 0 Å². The van der Waals surface area contributed by atoms with Gasteiger partial charge >= 0.3 is 0 Å². The first-order valence-electron chi connectivity index (χ1n) is 23.2. The van der Waals surface area contributed by atoms with Crippen molar-refractivity contribution >= 4 is 40.0 Å². The summed E-state index contributed by atoms with van der Waals surface area (Å²) in [6.45, 7) is 5.12. The van der Waals surface area contributed by atoms with E-state index < -0.39 is 8.07 Å². The monoisotopic (exact) mass is 825 g/mol. The van der Waals surface area contributed by atoms with Crippen molar-refractivity contribution in [1.82, 2.24) is 15.0 Å². The number of benzene rings is 8. The summed E-state index contributed by atoms with van der Waals surface area (Å²) in [5, 5.41) is 7.81. The van der Waals surface area contributed by atoms with Crippen molar-refractivity contribution in [2.24, 2.45) is 23.7 Å². The molecule has 1 aromatic heterocycles. The zero-order chi connectivity index (χ0) is 41.6. The van der Waals surface area contributed by atoms with Gasteiger partial charge in [0, 0.05) is 22.1 Å². The molecule has 4 fully saturated rings. The van der Waals surface area contributed by atoms with Crippen LogP contribution in [0.1, 0.15) is 43.2 Å². The Kier molecular flexibility index (Phi) is 7.45. The van der Waals surface area contributed by atoms with Gasteiger partial charge in [-0.2, -0.15) is 0 Å². The molecule has 0 N–H and O–H groups in total. The SMILES string of the molecule is C[Si]1(C)c2ccccc2-c2cccc(-c3ccc4c(c3)C3(c5cc(-c6nc(-c7cccc8ccccc78)nc(-c7cccc8ccccc78)n6)ccc5-4)C4CC5CC(C4)CC3C5)c21. The molecule has 0 atom stereocenters. The van der Waals surface area contributed by atoms with E-state index in [0.29, 0.717) is 23.5 Å². The van der Waals surface area contributed by atoms with Crippen molar-refractivity contribution < 1.29 is 0 Å². The molecule has 8 aromatic carbocycles. The maximum Gasteiger partial charge on any atom is 0.164 e. The van der Waals surface area contributed by atoms with Crippen LogP contribution in [0.5, 0.6) is 0 Å². The van der Waals surface area contributed by atoms with Crippen LogP contribution in [0.25, 0.3) is 89.1 Å². The van der Waals surface area contributed by atoms with Crippen molar-refractivity contribution in [2.75, 3.05) is 0 Å². The summed E-state index contributed by atoms with van der Waals surface area (Å²) in [6.07, 6.45) is 6.76. The molecule has 0 unspecified atom stereocenters. The highest BCUT2D eigenvalue weighted by atomic mass is 28.3. The fourth-order valence-corrected chi connectivity index (χ4v) is 17.6. The highest BCUT2D eigenvalue weighted by Crippen LogP contribution is 2.69. The Morgan fingerprint density at radius 1 is 0.413 bits per heavy atom. The second kappa shape index (κ2) is 13.0. The van der Waals surface area contributed by atoms with E-state index in [2.05, 4.69) is 177 Å². The Bertz CT molecular complexity index is 3280. The number of fused-ring (bicyclic) bond motifs is 8. The molecule has 4 saturated carbocycles. The molecule has 15 rings (SSSR count). The third-order valence-corrected chi connectivity index (χ3v) is 20.1. The molecule has 2 heterocycles. The Hall–Kier alpha value is -6.49. The van der Waals surface area contributed by atoms with Gasteiger partial charge in [-0.1, -0.05) is 165 Å². The normalized spacial score (nSPS) is 23.0. The Morgan fingerprint density at radius 3 is 1.54 bits per heavy atom. The zero-order valence-corrected chi connectivity index (χ0v) is 36.8. The molecular formula is C59H47N3Si. The number of hydrogen-bond donors (Lipinski definition) is 0. The van der Waals surface area contributed by atoms with E-state index in [9.17, 15) is 0 Å². The van der Waals surface area contributed by atoms with Gasteiger partial charge in [-0.05, 0) is 144 Å². The summed E-state index contributed by atoms with van der Waals surface area (Å²) in [6, 6.07) is 61.3. The molecule has 1 spiro atoms. The van der Waals surface area contributed by atoms with Crippen molar-refractivity contribution in [2.45, 2.75) is 50.6 Å². The van der Waals surface area contributed by atoms with E-state index in [4.69, 9.17) is 15.0 Å². The van der Waals surface area contributed by atoms with Crippen LogP contribution < -0.4 is 10.4 Å². The first-order chi connectivity index (χ1) is 30.9. The molecule has 63 heavy (non-hydrogen) atoms. The van der Waals surface area contributed by atoms with Crippen LogP contribution in [0.15, 0.2) is 164 Å². The number of nitrogens with zero attached hydrogens (tertiary/aromatic N) is 3. The lowest BCUT2D eigenvalue weighted by molar-refractivity contribution is -0.0399. The smallest absolute Gasteiger partial charge is 0.164 e. The molecule has 0 radical (unpaired) electrons. The lowest BCUT2D eigenvalue weighted by atomic mass is 9.43. The van der Waals surface area contributed by atoms with E-state index in [-0.39, 0.29) is 5.41 Å². The molecule has 3 nitrogen and oxygen atoms in total. The van der Waals surface area contributed by atoms with E-state index in [0.717, 1.165) is 45.1 Å². The molecule has 5 aliphatic carbocycles. The molecule has 0 amide bonds. The van der Waals surface area contributed by atoms with Gasteiger partial charge in [0.2, 0.25) is 0 Å². The van der Waals surface area contributed by atoms with Crippen LogP contribution in [0, 0.1) is 23.7 Å². The van der Waals surface area contributed by atoms with Crippen LogP contribution in [0.3, 0.4) is 0 Å². The third kappa shape index (κ3) is 4.99. The van der Waals surface area contributed by atoms with Gasteiger partial charge in [0.1, 0.15) is 8.07 Å². The minimum atomic E-state index is -1.93. The molecular weight excluding hydrogens is 779 g/mol. The molecule has 1 aliphatic heterocycles. The fourth-order valence-electron chi connectivity index (χ4n) is 14.2. The second-order valence-electron chi connectivity index (χ2n) is 20.0. The van der Waals surface area contributed by atoms with Crippen molar-refractivity contribution in [1.29, 1.82) is 0 Å². The minimum Gasteiger partial charge on any atom is -0.208 e. The predicted octanol–water partition coefficient (Wildman–Crippen LogP) is 13.4. The van der Waals surface area contributed by atoms with Crippen LogP contribution in [-0.2, 0) is 5.41 Å². The maximum atomic E-state index is 5.43. The average molecular weight is 826 g/mol. The Balaban J connectivity index is 0.976. The second-order valence-corrected chi connectivity index (χ2v) is 24.2. The fraction of sp³-hybridized carbons (Fsp3) is 0.203. The molecule has 9 aromatic rings. The summed E-state index contributed by atoms with van der Waals surface area (Å²) < 4.78 is 0. The first-order valence-corrected chi connectivity index (χ1v) is 26.2. The number of hydrogen-bond acceptors (Lipinski definition) is 3. The summed E-state index contributed by atoms with van der Waals surface area (Å²) in [5.74, 6) is 5.13. The van der Waals surface area contributed by atoms with Gasteiger partial charge in [-0.15, -0.1) is 0 Å². The van der Waals surface area contributed by atoms with Crippen molar-refractivity contribution in [3.8, 4) is 67.5 Å². The zero-order valence-electron chi connectivity index (χ0n) is 35.8. The minimum absolute atomic E-state index is 0.0259. The number of rotatable bonds is 4. The Labute approximate surface area is 370 Å². The third-order valence-electron chi connectivity index (χ3n) is 16.5. The molecule has 4 bridgehead atoms. The van der Waals surface area contributed by atoms with Gasteiger partial charge in [-0.25, -0.2) is 15.0 Å². The van der Waals surface area contributed by atoms with Crippen molar-refractivity contribution in [3.05, 3.63) is 175 Å². The van der Waals surface area contributed by atoms with Gasteiger partial charge in [-0.3, -0.25) is 0 Å². The lowest BCUT2D eigenvalue weighted by Crippen LogP contribution is -2.55. The summed E-state index contributed by atoms with van der Waals surface area (Å²) in [4.78, 5) is 16.2. The molecule has 302 valence electrons. The standard InChI is InChI=1S/C59H47N3Si/c1-63(2)54-23-8-7-18-48(54)49-20-11-19-45(55(49)63)39-24-26-46-47-27-25-40(34-53(47)59(52(46)33-39)41-29-35-28-36(31-41)32-42(59)30-35)56-60-57(50-21-9-14-37-12-3-5-16-43(37)50)62-58(61-56)51-22-10-15-38-13-4-6-17-44(38)51/h3-27,33-36,41-42H,28-32H2,1-2H3. The maximum absolute atomic E-state index is 5.43. The largest absolute Gasteiger partial charge is 0.208 e. The van der Waals surface area contributed by atoms with Crippen LogP contribution in [0.2, 0.25) is 13.1 Å². The summed E-state index contributed by atoms with van der Waals surface area (Å²) >= 11 is 0. The van der Waals surface area contributed by atoms with E-state index in [1.165, 1.54) is 81.8 Å². The van der Waals surface area contributed by atoms with Gasteiger partial charge in [0.15, 0.2) is 17.5 Å². The predicted molar refractivity (Wildman–Crippen MR) is 262 cm³/mol. The van der Waals surface area contributed by atoms with Gasteiger partial charge in [0.25, 0.3) is 0 Å². The average Bonchev–Trinajstić information content (AvgIpc) is 3.74. The molecule has 0 saturated heterocycles. The van der Waals surface area contributed by atoms with Crippen LogP contribution >= 0.6 is 0 Å². The molecule has 6 aliphatic rings.